The average molecular weight is 248 g/mol. The Kier molecular flexibility index (Phi) is 3.56. The van der Waals surface area contributed by atoms with Crippen LogP contribution in [0.3, 0.4) is 0 Å². The number of hydrogen-bond acceptors (Lipinski definition) is 4. The minimum atomic E-state index is -0.565. The lowest BCUT2D eigenvalue weighted by atomic mass is 10.2. The third-order valence-corrected chi connectivity index (χ3v) is 2.86. The zero-order valence-electron chi connectivity index (χ0n) is 9.01. The zero-order chi connectivity index (χ0) is 12.1. The summed E-state index contributed by atoms with van der Waals surface area (Å²) in [7, 11) is 0. The first-order valence-corrected chi connectivity index (χ1v) is 5.90. The van der Waals surface area contributed by atoms with Gasteiger partial charge < -0.3 is 16.4 Å². The van der Waals surface area contributed by atoms with Crippen LogP contribution in [0.2, 0.25) is 0 Å². The van der Waals surface area contributed by atoms with Crippen LogP contribution in [0.1, 0.15) is 4.88 Å². The van der Waals surface area contributed by atoms with E-state index in [1.807, 2.05) is 24.4 Å². The standard InChI is InChI=1S/C11H12N4OS/c12-11(16)15-9-3-1-2-8(4-9)14-6-10-5-13-7-17-10/h1-5,7,14H,6H2,(H3,12,15,16). The highest BCUT2D eigenvalue weighted by molar-refractivity contribution is 7.09. The van der Waals surface area contributed by atoms with Gasteiger partial charge in [0.05, 0.1) is 12.1 Å². The zero-order valence-corrected chi connectivity index (χ0v) is 9.83. The molecule has 0 unspecified atom stereocenters. The SMILES string of the molecule is NC(=O)Nc1cccc(NCc2cncs2)c1. The molecule has 0 spiro atoms. The van der Waals surface area contributed by atoms with Crippen molar-refractivity contribution in [3.05, 3.63) is 40.8 Å². The number of benzene rings is 1. The van der Waals surface area contributed by atoms with Crippen molar-refractivity contribution in [1.29, 1.82) is 0 Å². The summed E-state index contributed by atoms with van der Waals surface area (Å²) in [6, 6.07) is 6.81. The summed E-state index contributed by atoms with van der Waals surface area (Å²) >= 11 is 1.59. The van der Waals surface area contributed by atoms with Crippen LogP contribution in [0, 0.1) is 0 Å². The van der Waals surface area contributed by atoms with E-state index >= 15 is 0 Å². The number of amides is 2. The molecule has 4 N–H and O–H groups in total. The van der Waals surface area contributed by atoms with Crippen LogP contribution in [-0.4, -0.2) is 11.0 Å². The van der Waals surface area contributed by atoms with Gasteiger partial charge in [0.15, 0.2) is 0 Å². The quantitative estimate of drug-likeness (QED) is 0.776. The molecule has 1 heterocycles. The van der Waals surface area contributed by atoms with Crippen molar-refractivity contribution in [1.82, 2.24) is 4.98 Å². The van der Waals surface area contributed by atoms with Crippen LogP contribution in [0.15, 0.2) is 36.0 Å². The predicted molar refractivity (Wildman–Crippen MR) is 69.1 cm³/mol. The van der Waals surface area contributed by atoms with Crippen LogP contribution >= 0.6 is 11.3 Å². The van der Waals surface area contributed by atoms with Crippen LogP contribution in [0.4, 0.5) is 16.2 Å². The van der Waals surface area contributed by atoms with E-state index in [0.717, 1.165) is 10.6 Å². The third kappa shape index (κ3) is 3.46. The van der Waals surface area contributed by atoms with Crippen molar-refractivity contribution in [2.75, 3.05) is 10.6 Å². The normalized spacial score (nSPS) is 9.88. The predicted octanol–water partition coefficient (Wildman–Crippen LogP) is 2.25. The number of nitrogens with zero attached hydrogens (tertiary/aromatic N) is 1. The highest BCUT2D eigenvalue weighted by Crippen LogP contribution is 2.16. The van der Waals surface area contributed by atoms with E-state index in [1.165, 1.54) is 0 Å². The highest BCUT2D eigenvalue weighted by Gasteiger charge is 1.99. The lowest BCUT2D eigenvalue weighted by molar-refractivity contribution is 0.259. The first-order chi connectivity index (χ1) is 8.24. The van der Waals surface area contributed by atoms with Gasteiger partial charge in [-0.3, -0.25) is 4.98 Å². The van der Waals surface area contributed by atoms with E-state index in [1.54, 1.807) is 22.9 Å². The Labute approximate surface area is 103 Å². The maximum Gasteiger partial charge on any atom is 0.316 e. The summed E-state index contributed by atoms with van der Waals surface area (Å²) in [6.45, 7) is 0.713. The largest absolute Gasteiger partial charge is 0.380 e. The maximum atomic E-state index is 10.7. The molecule has 88 valence electrons. The molecule has 1 aromatic heterocycles. The number of aromatic nitrogens is 1. The number of primary amides is 1. The molecular weight excluding hydrogens is 236 g/mol. The Morgan fingerprint density at radius 2 is 2.24 bits per heavy atom. The van der Waals surface area contributed by atoms with Crippen molar-refractivity contribution >= 4 is 28.7 Å². The fraction of sp³-hybridized carbons (Fsp3) is 0.0909. The van der Waals surface area contributed by atoms with Gasteiger partial charge in [-0.15, -0.1) is 11.3 Å². The van der Waals surface area contributed by atoms with Crippen LogP contribution < -0.4 is 16.4 Å². The van der Waals surface area contributed by atoms with Gasteiger partial charge in [0, 0.05) is 22.4 Å². The summed E-state index contributed by atoms with van der Waals surface area (Å²) in [4.78, 5) is 15.9. The Bertz CT molecular complexity index is 498. The fourth-order valence-electron chi connectivity index (χ4n) is 1.37. The number of nitrogens with one attached hydrogen (secondary N) is 2. The summed E-state index contributed by atoms with van der Waals surface area (Å²) in [5.41, 5.74) is 8.44. The van der Waals surface area contributed by atoms with E-state index < -0.39 is 6.03 Å². The second-order valence-electron chi connectivity index (χ2n) is 3.39. The Morgan fingerprint density at radius 1 is 1.41 bits per heavy atom. The first-order valence-electron chi connectivity index (χ1n) is 5.02. The molecule has 2 aromatic rings. The van der Waals surface area contributed by atoms with E-state index in [9.17, 15) is 4.79 Å². The lowest BCUT2D eigenvalue weighted by Gasteiger charge is -2.07. The molecule has 0 fully saturated rings. The molecule has 1 aromatic carbocycles. The highest BCUT2D eigenvalue weighted by atomic mass is 32.1. The van der Waals surface area contributed by atoms with Crippen molar-refractivity contribution < 1.29 is 4.79 Å². The molecular formula is C11H12N4OS. The molecule has 0 aliphatic heterocycles. The molecule has 0 radical (unpaired) electrons. The minimum Gasteiger partial charge on any atom is -0.380 e. The second-order valence-corrected chi connectivity index (χ2v) is 4.36. The van der Waals surface area contributed by atoms with E-state index in [-0.39, 0.29) is 0 Å². The Balaban J connectivity index is 1.98. The number of anilines is 2. The molecule has 0 saturated carbocycles. The molecule has 0 aliphatic rings. The molecule has 6 heteroatoms. The minimum absolute atomic E-state index is 0.565. The number of thiazole rings is 1. The van der Waals surface area contributed by atoms with Gasteiger partial charge in [-0.2, -0.15) is 0 Å². The van der Waals surface area contributed by atoms with Crippen molar-refractivity contribution in [2.45, 2.75) is 6.54 Å². The number of rotatable bonds is 4. The summed E-state index contributed by atoms with van der Waals surface area (Å²) in [5, 5.41) is 5.77. The summed E-state index contributed by atoms with van der Waals surface area (Å²) in [5.74, 6) is 0. The molecule has 2 rings (SSSR count). The average Bonchev–Trinajstić information content (AvgIpc) is 2.79. The van der Waals surface area contributed by atoms with Gasteiger partial charge in [-0.1, -0.05) is 6.07 Å². The lowest BCUT2D eigenvalue weighted by Crippen LogP contribution is -2.19. The smallest absolute Gasteiger partial charge is 0.316 e. The van der Waals surface area contributed by atoms with Crippen molar-refractivity contribution in [2.24, 2.45) is 5.73 Å². The molecule has 0 atom stereocenters. The van der Waals surface area contributed by atoms with Crippen molar-refractivity contribution in [3.8, 4) is 0 Å². The van der Waals surface area contributed by atoms with Crippen molar-refractivity contribution in [3.63, 3.8) is 0 Å². The van der Waals surface area contributed by atoms with Crippen LogP contribution in [0.25, 0.3) is 0 Å². The molecule has 0 saturated heterocycles. The van der Waals surface area contributed by atoms with Crippen LogP contribution in [0.5, 0.6) is 0 Å². The van der Waals surface area contributed by atoms with Gasteiger partial charge in [0.25, 0.3) is 0 Å². The number of urea groups is 1. The van der Waals surface area contributed by atoms with E-state index in [2.05, 4.69) is 15.6 Å². The molecule has 0 bridgehead atoms. The monoisotopic (exact) mass is 248 g/mol. The molecule has 0 aliphatic carbocycles. The van der Waals surface area contributed by atoms with Gasteiger partial charge in [0.1, 0.15) is 0 Å². The Hall–Kier alpha value is -2.08. The summed E-state index contributed by atoms with van der Waals surface area (Å²) < 4.78 is 0. The van der Waals surface area contributed by atoms with Gasteiger partial charge >= 0.3 is 6.03 Å². The Morgan fingerprint density at radius 3 is 2.94 bits per heavy atom. The van der Waals surface area contributed by atoms with E-state index in [4.69, 9.17) is 5.73 Å². The molecule has 5 nitrogen and oxygen atoms in total. The van der Waals surface area contributed by atoms with Gasteiger partial charge in [-0.25, -0.2) is 4.79 Å². The maximum absolute atomic E-state index is 10.7. The van der Waals surface area contributed by atoms with Gasteiger partial charge in [-0.05, 0) is 18.2 Å². The number of carbonyl (C=O) groups is 1. The summed E-state index contributed by atoms with van der Waals surface area (Å²) in [6.07, 6.45) is 1.82. The fourth-order valence-corrected chi connectivity index (χ4v) is 1.90. The van der Waals surface area contributed by atoms with E-state index in [0.29, 0.717) is 12.2 Å². The molecule has 2 amide bonds. The van der Waals surface area contributed by atoms with Crippen LogP contribution in [-0.2, 0) is 6.54 Å². The van der Waals surface area contributed by atoms with Gasteiger partial charge in [0.2, 0.25) is 0 Å². The number of nitrogens with two attached hydrogens (primary N) is 1. The number of carbonyl (C=O) groups excluding carboxylic acids is 1. The molecule has 17 heavy (non-hydrogen) atoms. The first kappa shape index (κ1) is 11.4. The topological polar surface area (TPSA) is 80.0 Å². The second kappa shape index (κ2) is 5.31. The third-order valence-electron chi connectivity index (χ3n) is 2.08. The number of hydrogen-bond donors (Lipinski definition) is 3.